The van der Waals surface area contributed by atoms with Gasteiger partial charge in [0.2, 0.25) is 5.91 Å². The van der Waals surface area contributed by atoms with E-state index in [0.717, 1.165) is 54.9 Å². The Bertz CT molecular complexity index is 823. The largest absolute Gasteiger partial charge is 0.467 e. The van der Waals surface area contributed by atoms with E-state index in [1.807, 2.05) is 4.90 Å². The summed E-state index contributed by atoms with van der Waals surface area (Å²) in [4.78, 5) is 19.4. The number of unbranched alkanes of at least 4 members (excludes halogenated alkanes) is 1. The molecule has 29 heavy (non-hydrogen) atoms. The van der Waals surface area contributed by atoms with E-state index >= 15 is 0 Å². The maximum Gasteiger partial charge on any atom is 0.274 e. The first-order valence-corrected chi connectivity index (χ1v) is 12.0. The van der Waals surface area contributed by atoms with Crippen LogP contribution in [0.2, 0.25) is 0 Å². The summed E-state index contributed by atoms with van der Waals surface area (Å²) in [6.45, 7) is 3.77. The van der Waals surface area contributed by atoms with Gasteiger partial charge in [0, 0.05) is 31.8 Å². The van der Waals surface area contributed by atoms with Gasteiger partial charge in [-0.05, 0) is 49.8 Å². The normalized spacial score (nSPS) is 23.4. The maximum atomic E-state index is 13.4. The van der Waals surface area contributed by atoms with Crippen molar-refractivity contribution in [2.45, 2.75) is 70.8 Å². The number of carbonyl (C=O) groups excluding carboxylic acids is 1. The summed E-state index contributed by atoms with van der Waals surface area (Å²) in [5, 5.41) is 0.598. The number of ether oxygens (including phenoxy) is 1. The molecule has 2 aliphatic rings. The van der Waals surface area contributed by atoms with Crippen molar-refractivity contribution in [1.82, 2.24) is 9.88 Å². The summed E-state index contributed by atoms with van der Waals surface area (Å²) >= 11 is 1.39. The van der Waals surface area contributed by atoms with Gasteiger partial charge in [-0.1, -0.05) is 37.5 Å². The standard InChI is InChI=1S/C23H31FN2O2S/c1-2-3-4-16-5-7-17(8-6-16)22(27)26-13-11-19(12-14-26)28-23-25-20-10-9-18(24)15-21(20)29-23/h9-10,15-17,19H,2-8,11-14H2,1H3. The van der Waals surface area contributed by atoms with Gasteiger partial charge in [-0.2, -0.15) is 0 Å². The molecule has 2 heterocycles. The first kappa shape index (κ1) is 20.6. The van der Waals surface area contributed by atoms with E-state index in [-0.39, 0.29) is 17.8 Å². The highest BCUT2D eigenvalue weighted by Crippen LogP contribution is 2.34. The van der Waals surface area contributed by atoms with Gasteiger partial charge in [0.1, 0.15) is 11.9 Å². The van der Waals surface area contributed by atoms with Crippen LogP contribution < -0.4 is 4.74 Å². The van der Waals surface area contributed by atoms with Crippen LogP contribution in [0.1, 0.15) is 64.7 Å². The Balaban J connectivity index is 1.24. The summed E-state index contributed by atoms with van der Waals surface area (Å²) in [6, 6.07) is 4.61. The number of nitrogens with zero attached hydrogens (tertiary/aromatic N) is 2. The molecule has 0 N–H and O–H groups in total. The summed E-state index contributed by atoms with van der Waals surface area (Å²) in [7, 11) is 0. The predicted octanol–water partition coefficient (Wildman–Crippen LogP) is 5.80. The number of hydrogen-bond acceptors (Lipinski definition) is 4. The quantitative estimate of drug-likeness (QED) is 0.595. The van der Waals surface area contributed by atoms with Gasteiger partial charge < -0.3 is 9.64 Å². The van der Waals surface area contributed by atoms with Gasteiger partial charge in [0.25, 0.3) is 5.19 Å². The molecule has 1 aromatic heterocycles. The number of benzene rings is 1. The molecule has 4 rings (SSSR count). The van der Waals surface area contributed by atoms with Gasteiger partial charge in [0.15, 0.2) is 0 Å². The van der Waals surface area contributed by atoms with Crippen molar-refractivity contribution in [1.29, 1.82) is 0 Å². The van der Waals surface area contributed by atoms with Crippen LogP contribution >= 0.6 is 11.3 Å². The Morgan fingerprint density at radius 3 is 2.69 bits per heavy atom. The van der Waals surface area contributed by atoms with Crippen molar-refractivity contribution in [2.75, 3.05) is 13.1 Å². The van der Waals surface area contributed by atoms with Gasteiger partial charge in [0.05, 0.1) is 10.2 Å². The molecular formula is C23H31FN2O2S. The molecule has 2 aromatic rings. The molecule has 1 saturated heterocycles. The van der Waals surface area contributed by atoms with Crippen molar-refractivity contribution >= 4 is 27.5 Å². The molecule has 0 atom stereocenters. The summed E-state index contributed by atoms with van der Waals surface area (Å²) in [5.74, 6) is 1.16. The number of carbonyl (C=O) groups is 1. The lowest BCUT2D eigenvalue weighted by molar-refractivity contribution is -0.138. The highest BCUT2D eigenvalue weighted by atomic mass is 32.1. The third kappa shape index (κ3) is 5.08. The van der Waals surface area contributed by atoms with Crippen LogP contribution in [-0.2, 0) is 4.79 Å². The smallest absolute Gasteiger partial charge is 0.274 e. The van der Waals surface area contributed by atoms with E-state index in [1.165, 1.54) is 55.6 Å². The Labute approximate surface area is 176 Å². The molecule has 1 aromatic carbocycles. The minimum atomic E-state index is -0.251. The van der Waals surface area contributed by atoms with Crippen molar-refractivity contribution in [2.24, 2.45) is 11.8 Å². The molecular weight excluding hydrogens is 387 g/mol. The van der Waals surface area contributed by atoms with Crippen molar-refractivity contribution in [3.63, 3.8) is 0 Å². The number of likely N-dealkylation sites (tertiary alicyclic amines) is 1. The molecule has 1 amide bonds. The maximum absolute atomic E-state index is 13.4. The molecule has 0 spiro atoms. The highest BCUT2D eigenvalue weighted by molar-refractivity contribution is 7.20. The van der Waals surface area contributed by atoms with E-state index < -0.39 is 0 Å². The minimum absolute atomic E-state index is 0.0780. The fourth-order valence-electron chi connectivity index (χ4n) is 4.71. The first-order valence-electron chi connectivity index (χ1n) is 11.1. The second-order valence-corrected chi connectivity index (χ2v) is 9.59. The lowest BCUT2D eigenvalue weighted by atomic mass is 9.79. The SMILES string of the molecule is CCCCC1CCC(C(=O)N2CCC(Oc3nc4ccc(F)cc4s3)CC2)CC1. The van der Waals surface area contributed by atoms with Crippen molar-refractivity contribution in [3.05, 3.63) is 24.0 Å². The third-order valence-electron chi connectivity index (χ3n) is 6.51. The van der Waals surface area contributed by atoms with Crippen molar-refractivity contribution < 1.29 is 13.9 Å². The predicted molar refractivity (Wildman–Crippen MR) is 115 cm³/mol. The van der Waals surface area contributed by atoms with Crippen LogP contribution in [0.3, 0.4) is 0 Å². The number of rotatable bonds is 6. The average molecular weight is 419 g/mol. The zero-order valence-electron chi connectivity index (χ0n) is 17.2. The Morgan fingerprint density at radius 2 is 1.97 bits per heavy atom. The first-order chi connectivity index (χ1) is 14.1. The minimum Gasteiger partial charge on any atom is -0.467 e. The molecule has 1 aliphatic carbocycles. The number of thiazole rings is 1. The summed E-state index contributed by atoms with van der Waals surface area (Å²) < 4.78 is 20.2. The fraction of sp³-hybridized carbons (Fsp3) is 0.652. The number of hydrogen-bond donors (Lipinski definition) is 0. The fourth-order valence-corrected chi connectivity index (χ4v) is 5.62. The zero-order valence-corrected chi connectivity index (χ0v) is 18.1. The Morgan fingerprint density at radius 1 is 1.21 bits per heavy atom. The summed E-state index contributed by atoms with van der Waals surface area (Å²) in [6.07, 6.45) is 10.2. The molecule has 158 valence electrons. The van der Waals surface area contributed by atoms with E-state index in [4.69, 9.17) is 4.74 Å². The second-order valence-electron chi connectivity index (χ2n) is 8.59. The Hall–Kier alpha value is -1.69. The van der Waals surface area contributed by atoms with Crippen LogP contribution in [-0.4, -0.2) is 35.0 Å². The molecule has 2 fully saturated rings. The second kappa shape index (κ2) is 9.41. The van der Waals surface area contributed by atoms with E-state index in [2.05, 4.69) is 11.9 Å². The molecule has 6 heteroatoms. The van der Waals surface area contributed by atoms with Gasteiger partial charge in [-0.3, -0.25) is 4.79 Å². The van der Waals surface area contributed by atoms with Crippen LogP contribution in [0, 0.1) is 17.7 Å². The van der Waals surface area contributed by atoms with Crippen LogP contribution in [0.15, 0.2) is 18.2 Å². The van der Waals surface area contributed by atoms with E-state index in [0.29, 0.717) is 11.1 Å². The zero-order chi connectivity index (χ0) is 20.2. The van der Waals surface area contributed by atoms with Gasteiger partial charge in [-0.25, -0.2) is 9.37 Å². The average Bonchev–Trinajstić information content (AvgIpc) is 3.14. The number of halogens is 1. The number of aromatic nitrogens is 1. The number of piperidine rings is 1. The number of fused-ring (bicyclic) bond motifs is 1. The van der Waals surface area contributed by atoms with Crippen molar-refractivity contribution in [3.8, 4) is 5.19 Å². The summed E-state index contributed by atoms with van der Waals surface area (Å²) in [5.41, 5.74) is 0.772. The van der Waals surface area contributed by atoms with E-state index in [1.54, 1.807) is 6.07 Å². The molecule has 4 nitrogen and oxygen atoms in total. The van der Waals surface area contributed by atoms with Gasteiger partial charge >= 0.3 is 0 Å². The lowest BCUT2D eigenvalue weighted by Crippen LogP contribution is -2.45. The number of amides is 1. The topological polar surface area (TPSA) is 42.4 Å². The van der Waals surface area contributed by atoms with Gasteiger partial charge in [-0.15, -0.1) is 0 Å². The van der Waals surface area contributed by atoms with Crippen LogP contribution in [0.4, 0.5) is 4.39 Å². The molecule has 0 bridgehead atoms. The van der Waals surface area contributed by atoms with Crippen LogP contribution in [0.5, 0.6) is 5.19 Å². The van der Waals surface area contributed by atoms with E-state index in [9.17, 15) is 9.18 Å². The molecule has 1 aliphatic heterocycles. The Kier molecular flexibility index (Phi) is 6.68. The highest BCUT2D eigenvalue weighted by Gasteiger charge is 2.32. The lowest BCUT2D eigenvalue weighted by Gasteiger charge is -2.36. The molecule has 0 unspecified atom stereocenters. The molecule has 0 radical (unpaired) electrons. The third-order valence-corrected chi connectivity index (χ3v) is 7.42. The molecule has 1 saturated carbocycles. The monoisotopic (exact) mass is 418 g/mol. The van der Waals surface area contributed by atoms with Crippen LogP contribution in [0.25, 0.3) is 10.2 Å².